The minimum Gasteiger partial charge on any atom is -0.478 e. The summed E-state index contributed by atoms with van der Waals surface area (Å²) < 4.78 is 19.6. The van der Waals surface area contributed by atoms with Gasteiger partial charge in [-0.15, -0.1) is 0 Å². The standard InChI is InChI=1S/C13H17FN2O3/c1-7-5-16(6-8(2)19-7)12-3-9(13(17)18)11(15)4-10(12)14/h3-4,7-8H,5-6,15H2,1-2H3,(H,17,18)/t7-,8+. The van der Waals surface area contributed by atoms with Gasteiger partial charge in [-0.25, -0.2) is 9.18 Å². The Kier molecular flexibility index (Phi) is 3.61. The van der Waals surface area contributed by atoms with Crippen molar-refractivity contribution in [3.63, 3.8) is 0 Å². The highest BCUT2D eigenvalue weighted by molar-refractivity contribution is 5.95. The van der Waals surface area contributed by atoms with Gasteiger partial charge in [0.05, 0.1) is 23.5 Å². The van der Waals surface area contributed by atoms with Crippen molar-refractivity contribution in [2.45, 2.75) is 26.1 Å². The van der Waals surface area contributed by atoms with Crippen molar-refractivity contribution in [2.24, 2.45) is 0 Å². The molecule has 0 bridgehead atoms. The average Bonchev–Trinajstić information content (AvgIpc) is 2.26. The largest absolute Gasteiger partial charge is 0.478 e. The van der Waals surface area contributed by atoms with Gasteiger partial charge in [-0.05, 0) is 26.0 Å². The SMILES string of the molecule is C[C@@H]1CN(c2cc(C(=O)O)c(N)cc2F)C[C@H](C)O1. The van der Waals surface area contributed by atoms with E-state index >= 15 is 0 Å². The lowest BCUT2D eigenvalue weighted by Gasteiger charge is -2.37. The fraction of sp³-hybridized carbons (Fsp3) is 0.462. The number of aromatic carboxylic acids is 1. The third kappa shape index (κ3) is 2.78. The molecule has 0 unspecified atom stereocenters. The number of hydrogen-bond acceptors (Lipinski definition) is 4. The summed E-state index contributed by atoms with van der Waals surface area (Å²) in [5.74, 6) is -1.67. The van der Waals surface area contributed by atoms with Crippen molar-refractivity contribution in [3.05, 3.63) is 23.5 Å². The second-order valence-electron chi connectivity index (χ2n) is 4.86. The van der Waals surface area contributed by atoms with Gasteiger partial charge >= 0.3 is 5.97 Å². The molecule has 6 heteroatoms. The van der Waals surface area contributed by atoms with Crippen molar-refractivity contribution >= 4 is 17.3 Å². The Morgan fingerprint density at radius 2 is 2.00 bits per heavy atom. The van der Waals surface area contributed by atoms with Gasteiger partial charge in [0.15, 0.2) is 0 Å². The Morgan fingerprint density at radius 3 is 2.53 bits per heavy atom. The van der Waals surface area contributed by atoms with E-state index in [2.05, 4.69) is 0 Å². The van der Waals surface area contributed by atoms with E-state index in [4.69, 9.17) is 15.6 Å². The van der Waals surface area contributed by atoms with Crippen LogP contribution in [0.2, 0.25) is 0 Å². The summed E-state index contributed by atoms with van der Waals surface area (Å²) in [6.07, 6.45) is -0.0667. The van der Waals surface area contributed by atoms with Gasteiger partial charge in [0.25, 0.3) is 0 Å². The van der Waals surface area contributed by atoms with Crippen LogP contribution in [0.5, 0.6) is 0 Å². The molecule has 5 nitrogen and oxygen atoms in total. The zero-order valence-corrected chi connectivity index (χ0v) is 10.9. The maximum Gasteiger partial charge on any atom is 0.337 e. The lowest BCUT2D eigenvalue weighted by atomic mass is 10.1. The van der Waals surface area contributed by atoms with Crippen LogP contribution in [-0.2, 0) is 4.74 Å². The second-order valence-corrected chi connectivity index (χ2v) is 4.86. The molecule has 1 saturated heterocycles. The van der Waals surface area contributed by atoms with Crippen LogP contribution >= 0.6 is 0 Å². The first kappa shape index (κ1) is 13.6. The molecule has 0 amide bonds. The maximum absolute atomic E-state index is 14.0. The molecular weight excluding hydrogens is 251 g/mol. The molecule has 1 aliphatic heterocycles. The molecular formula is C13H17FN2O3. The maximum atomic E-state index is 14.0. The molecule has 0 aliphatic carbocycles. The molecule has 19 heavy (non-hydrogen) atoms. The van der Waals surface area contributed by atoms with Crippen LogP contribution in [0, 0.1) is 5.82 Å². The molecule has 2 atom stereocenters. The summed E-state index contributed by atoms with van der Waals surface area (Å²) >= 11 is 0. The molecule has 1 aromatic carbocycles. The number of benzene rings is 1. The van der Waals surface area contributed by atoms with Crippen LogP contribution in [0.15, 0.2) is 12.1 Å². The number of carbonyl (C=O) groups is 1. The molecule has 1 aromatic rings. The number of carboxylic acid groups (broad SMARTS) is 1. The van der Waals surface area contributed by atoms with E-state index < -0.39 is 11.8 Å². The van der Waals surface area contributed by atoms with Crippen LogP contribution in [0.1, 0.15) is 24.2 Å². The van der Waals surface area contributed by atoms with Crippen LogP contribution in [0.3, 0.4) is 0 Å². The van der Waals surface area contributed by atoms with E-state index in [0.29, 0.717) is 13.1 Å². The minimum absolute atomic E-state index is 0.0334. The Bertz CT molecular complexity index is 497. The molecule has 0 radical (unpaired) electrons. The lowest BCUT2D eigenvalue weighted by molar-refractivity contribution is -0.00539. The number of anilines is 2. The number of nitrogen functional groups attached to an aromatic ring is 1. The first-order valence-electron chi connectivity index (χ1n) is 6.11. The van der Waals surface area contributed by atoms with Gasteiger partial charge < -0.3 is 20.5 Å². The topological polar surface area (TPSA) is 75.8 Å². The number of halogens is 1. The summed E-state index contributed by atoms with van der Waals surface area (Å²) in [4.78, 5) is 12.8. The first-order valence-corrected chi connectivity index (χ1v) is 6.11. The van der Waals surface area contributed by atoms with Crippen molar-refractivity contribution < 1.29 is 19.0 Å². The molecule has 0 saturated carbocycles. The summed E-state index contributed by atoms with van der Waals surface area (Å²) in [7, 11) is 0. The molecule has 0 aromatic heterocycles. The number of ether oxygens (including phenoxy) is 1. The predicted molar refractivity (Wildman–Crippen MR) is 70.0 cm³/mol. The minimum atomic E-state index is -1.16. The van der Waals surface area contributed by atoms with E-state index in [0.717, 1.165) is 6.07 Å². The van der Waals surface area contributed by atoms with E-state index in [9.17, 15) is 9.18 Å². The van der Waals surface area contributed by atoms with Crippen molar-refractivity contribution in [1.82, 2.24) is 0 Å². The van der Waals surface area contributed by atoms with Crippen molar-refractivity contribution in [3.8, 4) is 0 Å². The average molecular weight is 268 g/mol. The first-order chi connectivity index (χ1) is 8.88. The molecule has 1 fully saturated rings. The Hall–Kier alpha value is -1.82. The number of hydrogen-bond donors (Lipinski definition) is 2. The third-order valence-corrected chi connectivity index (χ3v) is 3.11. The Morgan fingerprint density at radius 1 is 1.42 bits per heavy atom. The normalized spacial score (nSPS) is 23.4. The number of carboxylic acids is 1. The van der Waals surface area contributed by atoms with Crippen LogP contribution in [-0.4, -0.2) is 36.4 Å². The second kappa shape index (κ2) is 5.05. The van der Waals surface area contributed by atoms with Crippen LogP contribution < -0.4 is 10.6 Å². The quantitative estimate of drug-likeness (QED) is 0.799. The van der Waals surface area contributed by atoms with E-state index in [-0.39, 0.29) is 29.1 Å². The Balaban J connectivity index is 2.38. The summed E-state index contributed by atoms with van der Waals surface area (Å²) in [5, 5.41) is 9.04. The van der Waals surface area contributed by atoms with Crippen molar-refractivity contribution in [2.75, 3.05) is 23.7 Å². The molecule has 0 spiro atoms. The highest BCUT2D eigenvalue weighted by Gasteiger charge is 2.25. The van der Waals surface area contributed by atoms with Gasteiger partial charge in [-0.3, -0.25) is 0 Å². The number of nitrogens with two attached hydrogens (primary N) is 1. The van der Waals surface area contributed by atoms with Crippen molar-refractivity contribution in [1.29, 1.82) is 0 Å². The van der Waals surface area contributed by atoms with E-state index in [1.165, 1.54) is 6.07 Å². The fourth-order valence-electron chi connectivity index (χ4n) is 2.38. The van der Waals surface area contributed by atoms with Gasteiger partial charge in [0.2, 0.25) is 0 Å². The highest BCUT2D eigenvalue weighted by Crippen LogP contribution is 2.28. The van der Waals surface area contributed by atoms with Crippen LogP contribution in [0.4, 0.5) is 15.8 Å². The van der Waals surface area contributed by atoms with Gasteiger partial charge in [-0.1, -0.05) is 0 Å². The molecule has 2 rings (SSSR count). The smallest absolute Gasteiger partial charge is 0.337 e. The Labute approximate surface area is 110 Å². The molecule has 1 aliphatic rings. The van der Waals surface area contributed by atoms with E-state index in [1.54, 1.807) is 4.90 Å². The number of rotatable bonds is 2. The number of morpholine rings is 1. The zero-order chi connectivity index (χ0) is 14.2. The summed E-state index contributed by atoms with van der Waals surface area (Å²) in [5.41, 5.74) is 5.62. The lowest BCUT2D eigenvalue weighted by Crippen LogP contribution is -2.45. The van der Waals surface area contributed by atoms with Gasteiger partial charge in [0.1, 0.15) is 5.82 Å². The third-order valence-electron chi connectivity index (χ3n) is 3.11. The van der Waals surface area contributed by atoms with Gasteiger partial charge in [-0.2, -0.15) is 0 Å². The van der Waals surface area contributed by atoms with Crippen LogP contribution in [0.25, 0.3) is 0 Å². The number of nitrogens with zero attached hydrogens (tertiary/aromatic N) is 1. The van der Waals surface area contributed by atoms with Gasteiger partial charge in [0, 0.05) is 18.8 Å². The highest BCUT2D eigenvalue weighted by atomic mass is 19.1. The van der Waals surface area contributed by atoms with E-state index in [1.807, 2.05) is 13.8 Å². The summed E-state index contributed by atoms with van der Waals surface area (Å²) in [6, 6.07) is 2.35. The fourth-order valence-corrected chi connectivity index (χ4v) is 2.38. The predicted octanol–water partition coefficient (Wildman–Crippen LogP) is 1.72. The summed E-state index contributed by atoms with van der Waals surface area (Å²) in [6.45, 7) is 4.83. The monoisotopic (exact) mass is 268 g/mol. The molecule has 1 heterocycles. The molecule has 104 valence electrons. The zero-order valence-electron chi connectivity index (χ0n) is 10.9. The molecule has 3 N–H and O–H groups in total.